The summed E-state index contributed by atoms with van der Waals surface area (Å²) < 4.78 is 19.3. The number of imidazole rings is 1. The molecule has 0 aliphatic carbocycles. The summed E-state index contributed by atoms with van der Waals surface area (Å²) in [4.78, 5) is 32.7. The number of hydrogen-bond acceptors (Lipinski definition) is 6. The van der Waals surface area contributed by atoms with Gasteiger partial charge in [0.15, 0.2) is 18.2 Å². The summed E-state index contributed by atoms with van der Waals surface area (Å²) in [5, 5.41) is 0. The number of nitrogens with one attached hydrogen (secondary N) is 1. The number of carbonyl (C=O) groups excluding carboxylic acids is 1. The maximum Gasteiger partial charge on any atom is 0.255 e. The van der Waals surface area contributed by atoms with Crippen molar-refractivity contribution in [3.05, 3.63) is 89.9 Å². The summed E-state index contributed by atoms with van der Waals surface area (Å²) in [6, 6.07) is 16.1. The molecule has 35 heavy (non-hydrogen) atoms. The van der Waals surface area contributed by atoms with Gasteiger partial charge in [-0.3, -0.25) is 19.7 Å². The van der Waals surface area contributed by atoms with Crippen molar-refractivity contribution in [3.8, 4) is 28.4 Å². The van der Waals surface area contributed by atoms with Gasteiger partial charge in [-0.2, -0.15) is 0 Å². The quantitative estimate of drug-likeness (QED) is 0.373. The van der Waals surface area contributed by atoms with E-state index in [1.807, 2.05) is 43.3 Å². The number of rotatable bonds is 7. The van der Waals surface area contributed by atoms with Crippen LogP contribution < -0.4 is 10.5 Å². The third-order valence-corrected chi connectivity index (χ3v) is 5.38. The minimum atomic E-state index is -0.680. The summed E-state index contributed by atoms with van der Waals surface area (Å²) in [6.07, 6.45) is 3.68. The number of aromatic nitrogens is 5. The summed E-state index contributed by atoms with van der Waals surface area (Å²) in [5.41, 5.74) is 11.4. The molecule has 174 valence electrons. The van der Waals surface area contributed by atoms with Crippen molar-refractivity contribution in [2.75, 3.05) is 6.61 Å². The molecule has 5 aromatic rings. The maximum atomic E-state index is 14.1. The Morgan fingerprint density at radius 1 is 1.03 bits per heavy atom. The van der Waals surface area contributed by atoms with Gasteiger partial charge in [0.25, 0.3) is 5.91 Å². The minimum absolute atomic E-state index is 0.0400. The molecule has 8 nitrogen and oxygen atoms in total. The van der Waals surface area contributed by atoms with Crippen molar-refractivity contribution in [1.29, 1.82) is 0 Å². The number of fused-ring (bicyclic) bond motifs is 1. The Kier molecular flexibility index (Phi) is 5.88. The summed E-state index contributed by atoms with van der Waals surface area (Å²) in [5.74, 6) is -0.635. The van der Waals surface area contributed by atoms with E-state index >= 15 is 0 Å². The SMILES string of the molecule is Cc1cccc(-c2[nH]c(Cc3ccc(F)c(OCC(N)=O)c3)nc2-c2ccc3nccnc3c2)n1. The van der Waals surface area contributed by atoms with E-state index in [1.165, 1.54) is 12.1 Å². The summed E-state index contributed by atoms with van der Waals surface area (Å²) in [7, 11) is 0. The van der Waals surface area contributed by atoms with E-state index < -0.39 is 18.3 Å². The summed E-state index contributed by atoms with van der Waals surface area (Å²) >= 11 is 0. The molecular weight excluding hydrogens is 447 g/mol. The first-order valence-corrected chi connectivity index (χ1v) is 10.9. The zero-order chi connectivity index (χ0) is 24.4. The number of ether oxygens (including phenoxy) is 1. The van der Waals surface area contributed by atoms with Crippen LogP contribution in [0.1, 0.15) is 17.1 Å². The van der Waals surface area contributed by atoms with Gasteiger partial charge in [0.05, 0.1) is 28.1 Å². The van der Waals surface area contributed by atoms with E-state index in [9.17, 15) is 9.18 Å². The zero-order valence-corrected chi connectivity index (χ0v) is 18.8. The fraction of sp³-hybridized carbons (Fsp3) is 0.115. The van der Waals surface area contributed by atoms with Gasteiger partial charge in [0.2, 0.25) is 0 Å². The molecule has 0 aliphatic heterocycles. The lowest BCUT2D eigenvalue weighted by molar-refractivity contribution is -0.120. The first-order valence-electron chi connectivity index (χ1n) is 10.9. The number of carbonyl (C=O) groups is 1. The van der Waals surface area contributed by atoms with Crippen molar-refractivity contribution < 1.29 is 13.9 Å². The Bertz CT molecular complexity index is 1550. The number of pyridine rings is 1. The van der Waals surface area contributed by atoms with Crippen LogP contribution in [-0.4, -0.2) is 37.4 Å². The van der Waals surface area contributed by atoms with E-state index in [0.29, 0.717) is 12.2 Å². The molecule has 0 fully saturated rings. The van der Waals surface area contributed by atoms with Crippen molar-refractivity contribution in [1.82, 2.24) is 24.9 Å². The molecule has 0 aliphatic rings. The van der Waals surface area contributed by atoms with Gasteiger partial charge in [0.1, 0.15) is 5.82 Å². The van der Waals surface area contributed by atoms with Crippen molar-refractivity contribution in [2.24, 2.45) is 5.73 Å². The molecule has 1 amide bonds. The summed E-state index contributed by atoms with van der Waals surface area (Å²) in [6.45, 7) is 1.53. The highest BCUT2D eigenvalue weighted by atomic mass is 19.1. The average Bonchev–Trinajstić information content (AvgIpc) is 3.28. The van der Waals surface area contributed by atoms with Crippen LogP contribution in [0.5, 0.6) is 5.75 Å². The number of H-pyrrole nitrogens is 1. The highest BCUT2D eigenvalue weighted by Crippen LogP contribution is 2.31. The Morgan fingerprint density at radius 2 is 1.86 bits per heavy atom. The van der Waals surface area contributed by atoms with Gasteiger partial charge >= 0.3 is 0 Å². The van der Waals surface area contributed by atoms with Crippen molar-refractivity contribution in [3.63, 3.8) is 0 Å². The lowest BCUT2D eigenvalue weighted by Crippen LogP contribution is -2.20. The van der Waals surface area contributed by atoms with E-state index in [0.717, 1.165) is 44.9 Å². The fourth-order valence-corrected chi connectivity index (χ4v) is 3.80. The molecule has 0 saturated carbocycles. The molecule has 2 aromatic carbocycles. The first kappa shape index (κ1) is 22.1. The van der Waals surface area contributed by atoms with E-state index in [2.05, 4.69) is 19.9 Å². The van der Waals surface area contributed by atoms with E-state index in [1.54, 1.807) is 18.5 Å². The van der Waals surface area contributed by atoms with E-state index in [-0.39, 0.29) is 5.75 Å². The van der Waals surface area contributed by atoms with Crippen LogP contribution in [-0.2, 0) is 11.2 Å². The molecule has 5 rings (SSSR count). The van der Waals surface area contributed by atoms with Crippen molar-refractivity contribution >= 4 is 16.9 Å². The van der Waals surface area contributed by atoms with Crippen LogP contribution in [0.3, 0.4) is 0 Å². The molecule has 3 N–H and O–H groups in total. The monoisotopic (exact) mass is 468 g/mol. The Labute approximate surface area is 200 Å². The second-order valence-corrected chi connectivity index (χ2v) is 8.03. The van der Waals surface area contributed by atoms with Gasteiger partial charge < -0.3 is 15.5 Å². The molecular formula is C26H21FN6O2. The van der Waals surface area contributed by atoms with Gasteiger partial charge in [-0.1, -0.05) is 18.2 Å². The normalized spacial score (nSPS) is 11.0. The lowest BCUT2D eigenvalue weighted by Gasteiger charge is -2.07. The number of nitrogens with zero attached hydrogens (tertiary/aromatic N) is 4. The van der Waals surface area contributed by atoms with Crippen LogP contribution in [0, 0.1) is 12.7 Å². The Morgan fingerprint density at radius 3 is 2.66 bits per heavy atom. The van der Waals surface area contributed by atoms with Crippen LogP contribution in [0.25, 0.3) is 33.7 Å². The molecule has 0 spiro atoms. The number of aryl methyl sites for hydroxylation is 1. The Hall–Kier alpha value is -4.66. The predicted octanol–water partition coefficient (Wildman–Crippen LogP) is 3.98. The second-order valence-electron chi connectivity index (χ2n) is 8.03. The van der Waals surface area contributed by atoms with Crippen LogP contribution >= 0.6 is 0 Å². The largest absolute Gasteiger partial charge is 0.481 e. The number of hydrogen-bond donors (Lipinski definition) is 2. The smallest absolute Gasteiger partial charge is 0.255 e. The molecule has 3 heterocycles. The Balaban J connectivity index is 1.55. The molecule has 0 atom stereocenters. The number of nitrogens with two attached hydrogens (primary N) is 1. The fourth-order valence-electron chi connectivity index (χ4n) is 3.80. The van der Waals surface area contributed by atoms with E-state index in [4.69, 9.17) is 15.5 Å². The minimum Gasteiger partial charge on any atom is -0.481 e. The standard InChI is InChI=1S/C26H21FN6O2/c1-15-3-2-4-20(31-15)26-25(17-6-8-19-21(13-17)30-10-9-29-19)32-24(33-26)12-16-5-7-18(27)22(11-16)35-14-23(28)34/h2-11,13H,12,14H2,1H3,(H2,28,34)(H,32,33). The number of halogens is 1. The van der Waals surface area contributed by atoms with Gasteiger partial charge in [-0.25, -0.2) is 9.37 Å². The number of amides is 1. The highest BCUT2D eigenvalue weighted by Gasteiger charge is 2.17. The van der Waals surface area contributed by atoms with Gasteiger partial charge in [-0.05, 0) is 48.9 Å². The highest BCUT2D eigenvalue weighted by molar-refractivity contribution is 5.84. The van der Waals surface area contributed by atoms with Crippen LogP contribution in [0.4, 0.5) is 4.39 Å². The van der Waals surface area contributed by atoms with Crippen LogP contribution in [0.2, 0.25) is 0 Å². The average molecular weight is 468 g/mol. The first-order chi connectivity index (χ1) is 17.0. The topological polar surface area (TPSA) is 120 Å². The zero-order valence-electron chi connectivity index (χ0n) is 18.8. The third kappa shape index (κ3) is 4.84. The molecule has 3 aromatic heterocycles. The molecule has 9 heteroatoms. The second kappa shape index (κ2) is 9.30. The van der Waals surface area contributed by atoms with Gasteiger partial charge in [-0.15, -0.1) is 0 Å². The molecule has 0 saturated heterocycles. The molecule has 0 bridgehead atoms. The predicted molar refractivity (Wildman–Crippen MR) is 129 cm³/mol. The van der Waals surface area contributed by atoms with Gasteiger partial charge in [0, 0.05) is 30.1 Å². The number of primary amides is 1. The third-order valence-electron chi connectivity index (χ3n) is 5.38. The molecule has 0 radical (unpaired) electrons. The molecule has 0 unspecified atom stereocenters. The number of aromatic amines is 1. The number of benzene rings is 2. The maximum absolute atomic E-state index is 14.1. The van der Waals surface area contributed by atoms with Crippen LogP contribution in [0.15, 0.2) is 67.0 Å². The van der Waals surface area contributed by atoms with Crippen molar-refractivity contribution in [2.45, 2.75) is 13.3 Å². The lowest BCUT2D eigenvalue weighted by atomic mass is 10.1.